The number of hydroxylamine groups is 1. The van der Waals surface area contributed by atoms with E-state index in [1.54, 1.807) is 0 Å². The van der Waals surface area contributed by atoms with Crippen molar-refractivity contribution in [1.82, 2.24) is 10.8 Å². The van der Waals surface area contributed by atoms with Gasteiger partial charge in [0.05, 0.1) is 0 Å². The van der Waals surface area contributed by atoms with Crippen LogP contribution in [-0.2, 0) is 9.63 Å². The molecule has 0 radical (unpaired) electrons. The molecule has 0 rings (SSSR count). The van der Waals surface area contributed by atoms with Crippen LogP contribution in [-0.4, -0.2) is 30.9 Å². The van der Waals surface area contributed by atoms with Gasteiger partial charge in [0.25, 0.3) is 5.91 Å². The summed E-state index contributed by atoms with van der Waals surface area (Å²) < 4.78 is 0. The molecule has 1 unspecified atom stereocenters. The van der Waals surface area contributed by atoms with Gasteiger partial charge in [0.2, 0.25) is 0 Å². The van der Waals surface area contributed by atoms with Gasteiger partial charge in [-0.05, 0) is 19.8 Å². The Morgan fingerprint density at radius 1 is 1.59 bits per heavy atom. The normalized spacial score (nSPS) is 11.9. The highest BCUT2D eigenvalue weighted by Crippen LogP contribution is 1.95. The lowest BCUT2D eigenvalue weighted by molar-refractivity contribution is -0.136. The molecule has 0 aliphatic carbocycles. The molecule has 0 aromatic carbocycles. The van der Waals surface area contributed by atoms with Gasteiger partial charge < -0.3 is 5.32 Å². The summed E-state index contributed by atoms with van der Waals surface area (Å²) in [6, 6.07) is 0. The molecule has 1 atom stereocenters. The van der Waals surface area contributed by atoms with Crippen molar-refractivity contribution in [2.24, 2.45) is 0 Å². The van der Waals surface area contributed by atoms with E-state index in [1.165, 1.54) is 0 Å². The number of rotatable bonds is 10. The predicted octanol–water partition coefficient (Wildman–Crippen LogP) is 1.46. The van der Waals surface area contributed by atoms with Gasteiger partial charge in [-0.3, -0.25) is 9.63 Å². The standard InChI is InChI=1S/C12H22N2O2S/c1-4-5-6-7-14-16-11(9-17)12(15)13-8-10(2)3/h4,11,14,17H,1-2,5-9H2,3H3,(H,13,15). The van der Waals surface area contributed by atoms with Crippen LogP contribution in [0.2, 0.25) is 0 Å². The molecule has 98 valence electrons. The van der Waals surface area contributed by atoms with E-state index in [0.29, 0.717) is 18.8 Å². The molecule has 0 aliphatic rings. The van der Waals surface area contributed by atoms with Crippen molar-refractivity contribution in [3.05, 3.63) is 24.8 Å². The number of unbranched alkanes of at least 4 members (excludes halogenated alkanes) is 1. The first-order chi connectivity index (χ1) is 8.11. The second kappa shape index (κ2) is 10.4. The molecule has 2 N–H and O–H groups in total. The monoisotopic (exact) mass is 258 g/mol. The van der Waals surface area contributed by atoms with Crippen molar-refractivity contribution in [2.45, 2.75) is 25.9 Å². The summed E-state index contributed by atoms with van der Waals surface area (Å²) in [4.78, 5) is 16.8. The van der Waals surface area contributed by atoms with Crippen molar-refractivity contribution in [1.29, 1.82) is 0 Å². The number of hydrogen-bond acceptors (Lipinski definition) is 4. The highest BCUT2D eigenvalue weighted by atomic mass is 32.1. The van der Waals surface area contributed by atoms with Crippen molar-refractivity contribution in [3.8, 4) is 0 Å². The topological polar surface area (TPSA) is 50.4 Å². The van der Waals surface area contributed by atoms with Gasteiger partial charge in [-0.15, -0.1) is 6.58 Å². The molecule has 0 spiro atoms. The zero-order chi connectivity index (χ0) is 13.1. The molecule has 17 heavy (non-hydrogen) atoms. The zero-order valence-electron chi connectivity index (χ0n) is 10.4. The number of nitrogens with one attached hydrogen (secondary N) is 2. The van der Waals surface area contributed by atoms with Gasteiger partial charge in [0.15, 0.2) is 6.10 Å². The van der Waals surface area contributed by atoms with Crippen LogP contribution in [0.3, 0.4) is 0 Å². The minimum atomic E-state index is -0.582. The van der Waals surface area contributed by atoms with Gasteiger partial charge in [-0.1, -0.05) is 18.2 Å². The Bertz CT molecular complexity index is 257. The number of allylic oxidation sites excluding steroid dienone is 1. The number of amides is 1. The summed E-state index contributed by atoms with van der Waals surface area (Å²) in [5.41, 5.74) is 3.66. The molecule has 0 aromatic rings. The highest BCUT2D eigenvalue weighted by Gasteiger charge is 2.16. The Morgan fingerprint density at radius 2 is 2.29 bits per heavy atom. The second-order valence-corrected chi connectivity index (χ2v) is 4.15. The van der Waals surface area contributed by atoms with Crippen molar-refractivity contribution in [2.75, 3.05) is 18.8 Å². The first-order valence-corrected chi connectivity index (χ1v) is 6.27. The fraction of sp³-hybridized carbons (Fsp3) is 0.583. The van der Waals surface area contributed by atoms with Crippen molar-refractivity contribution in [3.63, 3.8) is 0 Å². The van der Waals surface area contributed by atoms with Gasteiger partial charge in [0, 0.05) is 18.8 Å². The van der Waals surface area contributed by atoms with Gasteiger partial charge in [-0.2, -0.15) is 12.6 Å². The highest BCUT2D eigenvalue weighted by molar-refractivity contribution is 7.80. The van der Waals surface area contributed by atoms with Crippen LogP contribution in [0, 0.1) is 0 Å². The summed E-state index contributed by atoms with van der Waals surface area (Å²) in [5, 5.41) is 2.72. The van der Waals surface area contributed by atoms with E-state index in [4.69, 9.17) is 4.84 Å². The van der Waals surface area contributed by atoms with Gasteiger partial charge in [-0.25, -0.2) is 5.48 Å². The average Bonchev–Trinajstić information content (AvgIpc) is 2.31. The third-order valence-electron chi connectivity index (χ3n) is 1.94. The lowest BCUT2D eigenvalue weighted by atomic mass is 10.3. The van der Waals surface area contributed by atoms with E-state index < -0.39 is 6.10 Å². The zero-order valence-corrected chi connectivity index (χ0v) is 11.3. The molecule has 0 fully saturated rings. The minimum absolute atomic E-state index is 0.181. The van der Waals surface area contributed by atoms with Gasteiger partial charge in [0.1, 0.15) is 0 Å². The smallest absolute Gasteiger partial charge is 0.252 e. The summed E-state index contributed by atoms with van der Waals surface area (Å²) in [7, 11) is 0. The Morgan fingerprint density at radius 3 is 2.82 bits per heavy atom. The second-order valence-electron chi connectivity index (χ2n) is 3.79. The van der Waals surface area contributed by atoms with E-state index in [2.05, 4.69) is 36.6 Å². The van der Waals surface area contributed by atoms with E-state index in [1.807, 2.05) is 13.0 Å². The maximum atomic E-state index is 11.6. The maximum absolute atomic E-state index is 11.6. The molecule has 0 heterocycles. The Kier molecular flexibility index (Phi) is 9.90. The van der Waals surface area contributed by atoms with E-state index in [-0.39, 0.29) is 5.91 Å². The third-order valence-corrected chi connectivity index (χ3v) is 2.27. The average molecular weight is 258 g/mol. The molecule has 4 nitrogen and oxygen atoms in total. The first kappa shape index (κ1) is 16.2. The van der Waals surface area contributed by atoms with Crippen LogP contribution >= 0.6 is 12.6 Å². The Balaban J connectivity index is 3.77. The molecular weight excluding hydrogens is 236 g/mol. The first-order valence-electron chi connectivity index (χ1n) is 5.64. The van der Waals surface area contributed by atoms with E-state index in [9.17, 15) is 4.79 Å². The van der Waals surface area contributed by atoms with Crippen LogP contribution in [0.1, 0.15) is 19.8 Å². The quantitative estimate of drug-likeness (QED) is 0.241. The van der Waals surface area contributed by atoms with Gasteiger partial charge >= 0.3 is 0 Å². The number of carbonyl (C=O) groups is 1. The lowest BCUT2D eigenvalue weighted by Gasteiger charge is -2.15. The SMILES string of the molecule is C=CCCCNOC(CS)C(=O)NCC(=C)C. The fourth-order valence-corrected chi connectivity index (χ4v) is 1.24. The van der Waals surface area contributed by atoms with Crippen LogP contribution in [0.15, 0.2) is 24.8 Å². The Labute approximate surface area is 109 Å². The molecular formula is C12H22N2O2S. The van der Waals surface area contributed by atoms with Crippen LogP contribution in [0.5, 0.6) is 0 Å². The molecule has 0 saturated heterocycles. The maximum Gasteiger partial charge on any atom is 0.252 e. The van der Waals surface area contributed by atoms with E-state index >= 15 is 0 Å². The fourth-order valence-electron chi connectivity index (χ4n) is 1.00. The summed E-state index contributed by atoms with van der Waals surface area (Å²) in [5.74, 6) is 0.149. The molecule has 5 heteroatoms. The molecule has 0 aromatic heterocycles. The number of carbonyl (C=O) groups excluding carboxylic acids is 1. The largest absolute Gasteiger partial charge is 0.350 e. The number of hydrogen-bond donors (Lipinski definition) is 3. The summed E-state index contributed by atoms with van der Waals surface area (Å²) >= 11 is 4.08. The van der Waals surface area contributed by atoms with E-state index in [0.717, 1.165) is 18.4 Å². The molecule has 1 amide bonds. The number of thiol groups is 1. The summed E-state index contributed by atoms with van der Waals surface area (Å²) in [6.07, 6.45) is 3.11. The minimum Gasteiger partial charge on any atom is -0.350 e. The molecule has 0 bridgehead atoms. The Hall–Kier alpha value is -0.780. The summed E-state index contributed by atoms with van der Waals surface area (Å²) in [6.45, 7) is 10.3. The molecule has 0 aliphatic heterocycles. The van der Waals surface area contributed by atoms with Crippen molar-refractivity contribution >= 4 is 18.5 Å². The van der Waals surface area contributed by atoms with Crippen LogP contribution in [0.25, 0.3) is 0 Å². The molecule has 0 saturated carbocycles. The third kappa shape index (κ3) is 8.97. The van der Waals surface area contributed by atoms with Crippen LogP contribution in [0.4, 0.5) is 0 Å². The van der Waals surface area contributed by atoms with Crippen molar-refractivity contribution < 1.29 is 9.63 Å². The predicted molar refractivity (Wildman–Crippen MR) is 74.0 cm³/mol. The lowest BCUT2D eigenvalue weighted by Crippen LogP contribution is -2.41. The van der Waals surface area contributed by atoms with Crippen LogP contribution < -0.4 is 10.8 Å².